The van der Waals surface area contributed by atoms with Crippen LogP contribution < -0.4 is 5.73 Å². The first kappa shape index (κ1) is 20.2. The van der Waals surface area contributed by atoms with Crippen LogP contribution in [0.5, 0.6) is 0 Å². The van der Waals surface area contributed by atoms with Gasteiger partial charge in [0.15, 0.2) is 0 Å². The molecule has 5 rings (SSSR count). The van der Waals surface area contributed by atoms with Gasteiger partial charge in [0.2, 0.25) is 0 Å². The van der Waals surface area contributed by atoms with E-state index >= 15 is 0 Å². The Morgan fingerprint density at radius 2 is 2.00 bits per heavy atom. The van der Waals surface area contributed by atoms with Gasteiger partial charge in [-0.15, -0.1) is 0 Å². The number of aromatic nitrogens is 4. The minimum Gasteiger partial charge on any atom is -0.382 e. The number of nitrogens with zero attached hydrogens (tertiary/aromatic N) is 5. The van der Waals surface area contributed by atoms with Gasteiger partial charge in [-0.2, -0.15) is 13.2 Å². The van der Waals surface area contributed by atoms with Crippen LogP contribution in [-0.2, 0) is 12.6 Å². The van der Waals surface area contributed by atoms with E-state index in [1.54, 1.807) is 4.40 Å². The Balaban J connectivity index is 1.53. The van der Waals surface area contributed by atoms with Crippen molar-refractivity contribution in [1.29, 1.82) is 0 Å². The minimum atomic E-state index is -4.54. The number of carbonyl (C=O) groups is 1. The molecule has 0 unspecified atom stereocenters. The number of amides is 1. The number of hydrogen-bond acceptors (Lipinski definition) is 5. The number of nitrogen functional groups attached to an aromatic ring is 1. The molecule has 0 spiro atoms. The summed E-state index contributed by atoms with van der Waals surface area (Å²) in [6.07, 6.45) is 0.387. The monoisotopic (exact) mass is 444 g/mol. The maximum absolute atomic E-state index is 14.9. The number of carbonyl (C=O) groups excluding carboxylic acids is 1. The lowest BCUT2D eigenvalue weighted by Crippen LogP contribution is -2.31. The third-order valence-corrected chi connectivity index (χ3v) is 5.84. The highest BCUT2D eigenvalue weighted by Crippen LogP contribution is 2.38. The standard InChI is InChI=1S/C21H16F4N6O/c1-30(15-3-2-10-4-18(21(23,24)25)28-7-12(10)15)20(32)11-5-16-14(6-13(11)22)29-19(26)17-8-27-9-31(16)17/h4-9,15H,2-3H2,1H3,(H2,26,29)/t15-/m1/s1. The number of hydrogen-bond donors (Lipinski definition) is 1. The number of pyridine rings is 1. The van der Waals surface area contributed by atoms with Gasteiger partial charge in [0.25, 0.3) is 5.91 Å². The minimum absolute atomic E-state index is 0.180. The lowest BCUT2D eigenvalue weighted by Gasteiger charge is -2.26. The molecular weight excluding hydrogens is 428 g/mol. The number of imidazole rings is 1. The number of nitrogens with two attached hydrogens (primary N) is 1. The van der Waals surface area contributed by atoms with Gasteiger partial charge in [0, 0.05) is 19.3 Å². The molecule has 0 radical (unpaired) electrons. The van der Waals surface area contributed by atoms with E-state index in [9.17, 15) is 22.4 Å². The summed E-state index contributed by atoms with van der Waals surface area (Å²) in [6.45, 7) is 0. The Morgan fingerprint density at radius 1 is 1.22 bits per heavy atom. The van der Waals surface area contributed by atoms with Crippen molar-refractivity contribution in [3.63, 3.8) is 0 Å². The van der Waals surface area contributed by atoms with E-state index in [4.69, 9.17) is 5.73 Å². The van der Waals surface area contributed by atoms with Crippen LogP contribution in [0.3, 0.4) is 0 Å². The van der Waals surface area contributed by atoms with Crippen LogP contribution in [0.15, 0.2) is 36.9 Å². The van der Waals surface area contributed by atoms with Crippen LogP contribution in [-0.4, -0.2) is 37.2 Å². The summed E-state index contributed by atoms with van der Waals surface area (Å²) in [7, 11) is 1.50. The summed E-state index contributed by atoms with van der Waals surface area (Å²) in [5, 5.41) is 0. The zero-order valence-corrected chi connectivity index (χ0v) is 16.7. The molecule has 1 aliphatic carbocycles. The molecule has 164 valence electrons. The van der Waals surface area contributed by atoms with Crippen molar-refractivity contribution in [2.24, 2.45) is 0 Å². The molecule has 3 heterocycles. The summed E-state index contributed by atoms with van der Waals surface area (Å²) >= 11 is 0. The number of aryl methyl sites for hydroxylation is 1. The van der Waals surface area contributed by atoms with Crippen molar-refractivity contribution in [2.45, 2.75) is 25.1 Å². The van der Waals surface area contributed by atoms with Crippen molar-refractivity contribution in [3.8, 4) is 0 Å². The number of alkyl halides is 3. The van der Waals surface area contributed by atoms with E-state index in [0.717, 1.165) is 18.3 Å². The Kier molecular flexibility index (Phi) is 4.33. The number of fused-ring (bicyclic) bond motifs is 4. The topological polar surface area (TPSA) is 89.4 Å². The van der Waals surface area contributed by atoms with E-state index in [1.807, 2.05) is 0 Å². The molecule has 3 aromatic heterocycles. The average Bonchev–Trinajstić information content (AvgIpc) is 3.39. The van der Waals surface area contributed by atoms with Crippen LogP contribution in [0, 0.1) is 5.82 Å². The molecular formula is C21H16F4N6O. The fraction of sp³-hybridized carbons (Fsp3) is 0.238. The summed E-state index contributed by atoms with van der Waals surface area (Å²) in [4.78, 5) is 26.2. The van der Waals surface area contributed by atoms with Gasteiger partial charge in [0.1, 0.15) is 22.8 Å². The molecule has 4 aromatic rings. The maximum atomic E-state index is 14.9. The van der Waals surface area contributed by atoms with Crippen molar-refractivity contribution in [1.82, 2.24) is 24.3 Å². The molecule has 1 atom stereocenters. The summed E-state index contributed by atoms with van der Waals surface area (Å²) < 4.78 is 55.4. The highest BCUT2D eigenvalue weighted by atomic mass is 19.4. The van der Waals surface area contributed by atoms with Crippen molar-refractivity contribution in [3.05, 3.63) is 65.1 Å². The molecule has 1 aromatic carbocycles. The predicted octanol–water partition coefficient (Wildman–Crippen LogP) is 3.78. The smallest absolute Gasteiger partial charge is 0.382 e. The zero-order chi connectivity index (χ0) is 22.8. The first-order valence-corrected chi connectivity index (χ1v) is 9.69. The second-order valence-electron chi connectivity index (χ2n) is 7.70. The van der Waals surface area contributed by atoms with Crippen LogP contribution in [0.25, 0.3) is 16.6 Å². The second kappa shape index (κ2) is 6.87. The van der Waals surface area contributed by atoms with E-state index in [2.05, 4.69) is 15.0 Å². The summed E-state index contributed by atoms with van der Waals surface area (Å²) in [6, 6.07) is 3.01. The van der Waals surface area contributed by atoms with Gasteiger partial charge >= 0.3 is 6.18 Å². The number of halogens is 4. The Bertz CT molecular complexity index is 1400. The lowest BCUT2D eigenvalue weighted by molar-refractivity contribution is -0.141. The number of benzene rings is 1. The molecule has 2 N–H and O–H groups in total. The molecule has 0 fully saturated rings. The normalized spacial score (nSPS) is 16.0. The largest absolute Gasteiger partial charge is 0.433 e. The molecule has 1 aliphatic rings. The van der Waals surface area contributed by atoms with Crippen LogP contribution in [0.1, 0.15) is 39.6 Å². The zero-order valence-electron chi connectivity index (χ0n) is 16.7. The van der Waals surface area contributed by atoms with Crippen molar-refractivity contribution < 1.29 is 22.4 Å². The van der Waals surface area contributed by atoms with Crippen LogP contribution in [0.4, 0.5) is 23.4 Å². The van der Waals surface area contributed by atoms with Gasteiger partial charge in [-0.25, -0.2) is 14.4 Å². The maximum Gasteiger partial charge on any atom is 0.433 e. The third-order valence-electron chi connectivity index (χ3n) is 5.84. The molecule has 0 saturated carbocycles. The van der Waals surface area contributed by atoms with Crippen molar-refractivity contribution in [2.75, 3.05) is 12.8 Å². The quantitative estimate of drug-likeness (QED) is 0.476. The molecule has 1 amide bonds. The number of anilines is 1. The van der Waals surface area contributed by atoms with E-state index in [-0.39, 0.29) is 16.9 Å². The van der Waals surface area contributed by atoms with E-state index in [0.29, 0.717) is 35.0 Å². The first-order valence-electron chi connectivity index (χ1n) is 9.69. The molecule has 11 heteroatoms. The van der Waals surface area contributed by atoms with E-state index < -0.39 is 29.6 Å². The van der Waals surface area contributed by atoms with Gasteiger partial charge in [-0.1, -0.05) is 0 Å². The van der Waals surface area contributed by atoms with Crippen molar-refractivity contribution >= 4 is 28.3 Å². The highest BCUT2D eigenvalue weighted by molar-refractivity contribution is 5.98. The molecule has 0 aliphatic heterocycles. The third kappa shape index (κ3) is 3.03. The predicted molar refractivity (Wildman–Crippen MR) is 107 cm³/mol. The summed E-state index contributed by atoms with van der Waals surface area (Å²) in [5.74, 6) is -1.20. The van der Waals surface area contributed by atoms with E-state index in [1.165, 1.54) is 30.5 Å². The average molecular weight is 444 g/mol. The second-order valence-corrected chi connectivity index (χ2v) is 7.70. The Morgan fingerprint density at radius 3 is 2.75 bits per heavy atom. The lowest BCUT2D eigenvalue weighted by atomic mass is 10.1. The first-order chi connectivity index (χ1) is 15.1. The molecule has 0 saturated heterocycles. The summed E-state index contributed by atoms with van der Waals surface area (Å²) in [5.41, 5.74) is 6.97. The highest BCUT2D eigenvalue weighted by Gasteiger charge is 2.36. The van der Waals surface area contributed by atoms with Gasteiger partial charge < -0.3 is 10.6 Å². The Hall–Kier alpha value is -3.76. The van der Waals surface area contributed by atoms with Gasteiger partial charge in [-0.05, 0) is 36.1 Å². The molecule has 32 heavy (non-hydrogen) atoms. The van der Waals surface area contributed by atoms with Gasteiger partial charge in [0.05, 0.1) is 35.2 Å². The molecule has 7 nitrogen and oxygen atoms in total. The number of rotatable bonds is 2. The molecule has 0 bridgehead atoms. The van der Waals surface area contributed by atoms with Crippen LogP contribution in [0.2, 0.25) is 0 Å². The SMILES string of the molecule is CN(C(=O)c1cc2c(cc1F)nc(N)c1cncn12)[C@@H]1CCc2cc(C(F)(F)F)ncc21. The fourth-order valence-corrected chi connectivity index (χ4v) is 4.22. The Labute approximate surface area is 178 Å². The van der Waals surface area contributed by atoms with Gasteiger partial charge in [-0.3, -0.25) is 14.2 Å². The fourth-order valence-electron chi connectivity index (χ4n) is 4.22. The van der Waals surface area contributed by atoms with Crippen LogP contribution >= 0.6 is 0 Å².